The van der Waals surface area contributed by atoms with Gasteiger partial charge < -0.3 is 9.84 Å². The molecule has 18 heavy (non-hydrogen) atoms. The number of esters is 1. The molecule has 0 aliphatic heterocycles. The summed E-state index contributed by atoms with van der Waals surface area (Å²) in [5.74, 6) is 0.114. The number of hydrogen-bond donors (Lipinski definition) is 1. The minimum atomic E-state index is -0.952. The number of carbonyl (C=O) groups excluding carboxylic acids is 1. The molecule has 1 atom stereocenters. The van der Waals surface area contributed by atoms with Gasteiger partial charge in [0, 0.05) is 0 Å². The van der Waals surface area contributed by atoms with Gasteiger partial charge in [-0.15, -0.1) is 0 Å². The molecule has 1 aliphatic carbocycles. The maximum atomic E-state index is 11.3. The molecular formula is C15H20O3. The van der Waals surface area contributed by atoms with Crippen molar-refractivity contribution in [3.63, 3.8) is 0 Å². The van der Waals surface area contributed by atoms with Crippen LogP contribution in [-0.2, 0) is 9.53 Å². The van der Waals surface area contributed by atoms with Gasteiger partial charge in [-0.25, -0.2) is 4.79 Å². The predicted octanol–water partition coefficient (Wildman–Crippen LogP) is 2.49. The molecule has 0 heterocycles. The molecule has 0 saturated heterocycles. The van der Waals surface area contributed by atoms with Gasteiger partial charge in [0.05, 0.1) is 7.11 Å². The number of ether oxygens (including phenoxy) is 1. The maximum absolute atomic E-state index is 11.3. The Morgan fingerprint density at radius 2 is 1.83 bits per heavy atom. The highest BCUT2D eigenvalue weighted by Gasteiger charge is 2.31. The van der Waals surface area contributed by atoms with E-state index >= 15 is 0 Å². The molecule has 1 aromatic carbocycles. The van der Waals surface area contributed by atoms with Crippen LogP contribution in [0.2, 0.25) is 0 Å². The minimum absolute atomic E-state index is 0.0532. The topological polar surface area (TPSA) is 46.5 Å². The van der Waals surface area contributed by atoms with Gasteiger partial charge in [-0.2, -0.15) is 0 Å². The van der Waals surface area contributed by atoms with Crippen molar-refractivity contribution in [3.8, 4) is 0 Å². The van der Waals surface area contributed by atoms with Crippen LogP contribution in [0.4, 0.5) is 0 Å². The van der Waals surface area contributed by atoms with E-state index in [2.05, 4.69) is 29.0 Å². The first-order valence-electron chi connectivity index (χ1n) is 6.53. The third-order valence-electron chi connectivity index (χ3n) is 3.93. The van der Waals surface area contributed by atoms with Crippen LogP contribution in [-0.4, -0.2) is 24.3 Å². The highest BCUT2D eigenvalue weighted by Crippen LogP contribution is 2.37. The van der Waals surface area contributed by atoms with Gasteiger partial charge in [-0.3, -0.25) is 0 Å². The number of aliphatic hydroxyl groups excluding tert-OH is 1. The lowest BCUT2D eigenvalue weighted by Crippen LogP contribution is -2.33. The second-order valence-electron chi connectivity index (χ2n) is 4.99. The lowest BCUT2D eigenvalue weighted by atomic mass is 9.77. The van der Waals surface area contributed by atoms with Crippen LogP contribution in [0.15, 0.2) is 30.3 Å². The normalized spacial score (nSPS) is 25.4. The Labute approximate surface area is 108 Å². The van der Waals surface area contributed by atoms with Crippen molar-refractivity contribution in [2.24, 2.45) is 5.92 Å². The molecule has 1 unspecified atom stereocenters. The molecule has 1 fully saturated rings. The van der Waals surface area contributed by atoms with Crippen molar-refractivity contribution in [1.29, 1.82) is 0 Å². The van der Waals surface area contributed by atoms with Gasteiger partial charge in [0.15, 0.2) is 6.10 Å². The van der Waals surface area contributed by atoms with Crippen LogP contribution in [0.25, 0.3) is 0 Å². The van der Waals surface area contributed by atoms with Gasteiger partial charge in [0.2, 0.25) is 0 Å². The average molecular weight is 248 g/mol. The zero-order chi connectivity index (χ0) is 13.0. The molecule has 1 aliphatic rings. The summed E-state index contributed by atoms with van der Waals surface area (Å²) in [4.78, 5) is 11.3. The van der Waals surface area contributed by atoms with Gasteiger partial charge in [0.1, 0.15) is 0 Å². The third kappa shape index (κ3) is 2.91. The number of aliphatic hydroxyl groups is 1. The summed E-state index contributed by atoms with van der Waals surface area (Å²) in [6, 6.07) is 10.5. The van der Waals surface area contributed by atoms with Crippen molar-refractivity contribution in [1.82, 2.24) is 0 Å². The summed E-state index contributed by atoms with van der Waals surface area (Å²) in [6.07, 6.45) is 2.88. The highest BCUT2D eigenvalue weighted by atomic mass is 16.5. The zero-order valence-electron chi connectivity index (χ0n) is 10.7. The van der Waals surface area contributed by atoms with E-state index in [0.717, 1.165) is 25.7 Å². The van der Waals surface area contributed by atoms with Crippen molar-refractivity contribution < 1.29 is 14.6 Å². The third-order valence-corrected chi connectivity index (χ3v) is 3.93. The van der Waals surface area contributed by atoms with Gasteiger partial charge in [-0.05, 0) is 43.1 Å². The van der Waals surface area contributed by atoms with Gasteiger partial charge in [-0.1, -0.05) is 30.3 Å². The van der Waals surface area contributed by atoms with Crippen molar-refractivity contribution in [2.75, 3.05) is 7.11 Å². The Kier molecular flexibility index (Phi) is 4.37. The lowest BCUT2D eigenvalue weighted by Gasteiger charge is -2.30. The molecule has 2 rings (SSSR count). The number of hydrogen-bond acceptors (Lipinski definition) is 3. The Morgan fingerprint density at radius 1 is 1.22 bits per heavy atom. The molecule has 0 radical (unpaired) electrons. The van der Waals surface area contributed by atoms with E-state index < -0.39 is 12.1 Å². The van der Waals surface area contributed by atoms with Crippen LogP contribution in [0.1, 0.15) is 37.2 Å². The monoisotopic (exact) mass is 248 g/mol. The second-order valence-corrected chi connectivity index (χ2v) is 4.99. The number of benzene rings is 1. The molecule has 0 amide bonds. The number of methoxy groups -OCH3 is 1. The standard InChI is InChI=1S/C15H20O3/c1-18-15(17)14(16)13-9-7-12(8-10-13)11-5-3-2-4-6-11/h2-6,12-14,16H,7-10H2,1H3. The Balaban J connectivity index is 1.90. The summed E-state index contributed by atoms with van der Waals surface area (Å²) in [5.41, 5.74) is 1.36. The molecule has 0 spiro atoms. The van der Waals surface area contributed by atoms with Crippen molar-refractivity contribution in [3.05, 3.63) is 35.9 Å². The summed E-state index contributed by atoms with van der Waals surface area (Å²) in [6.45, 7) is 0. The quantitative estimate of drug-likeness (QED) is 0.836. The van der Waals surface area contributed by atoms with Crippen LogP contribution >= 0.6 is 0 Å². The predicted molar refractivity (Wildman–Crippen MR) is 69.2 cm³/mol. The van der Waals surface area contributed by atoms with Gasteiger partial charge in [0.25, 0.3) is 0 Å². The summed E-state index contributed by atoms with van der Waals surface area (Å²) in [7, 11) is 1.32. The first-order chi connectivity index (χ1) is 8.72. The second kappa shape index (κ2) is 6.01. The molecule has 3 heteroatoms. The molecule has 0 bridgehead atoms. The van der Waals surface area contributed by atoms with E-state index in [0.29, 0.717) is 5.92 Å². The van der Waals surface area contributed by atoms with Gasteiger partial charge >= 0.3 is 5.97 Å². The molecule has 1 aromatic rings. The van der Waals surface area contributed by atoms with Crippen molar-refractivity contribution >= 4 is 5.97 Å². The first kappa shape index (κ1) is 13.1. The van der Waals surface area contributed by atoms with Crippen LogP contribution in [0, 0.1) is 5.92 Å². The SMILES string of the molecule is COC(=O)C(O)C1CCC(c2ccccc2)CC1. The van der Waals surface area contributed by atoms with Crippen LogP contribution < -0.4 is 0 Å². The Morgan fingerprint density at radius 3 is 2.39 bits per heavy atom. The first-order valence-corrected chi connectivity index (χ1v) is 6.53. The summed E-state index contributed by atoms with van der Waals surface area (Å²) in [5, 5.41) is 9.82. The van der Waals surface area contributed by atoms with E-state index in [-0.39, 0.29) is 5.92 Å². The minimum Gasteiger partial charge on any atom is -0.467 e. The van der Waals surface area contributed by atoms with Crippen LogP contribution in [0.5, 0.6) is 0 Å². The molecule has 3 nitrogen and oxygen atoms in total. The largest absolute Gasteiger partial charge is 0.467 e. The fourth-order valence-electron chi connectivity index (χ4n) is 2.81. The van der Waals surface area contributed by atoms with Crippen LogP contribution in [0.3, 0.4) is 0 Å². The van der Waals surface area contributed by atoms with Crippen molar-refractivity contribution in [2.45, 2.75) is 37.7 Å². The Hall–Kier alpha value is -1.35. The average Bonchev–Trinajstić information content (AvgIpc) is 2.47. The maximum Gasteiger partial charge on any atom is 0.334 e. The van der Waals surface area contributed by atoms with E-state index in [4.69, 9.17) is 0 Å². The van der Waals surface area contributed by atoms with E-state index in [9.17, 15) is 9.90 Å². The molecule has 1 saturated carbocycles. The zero-order valence-corrected chi connectivity index (χ0v) is 10.7. The number of rotatable bonds is 3. The van der Waals surface area contributed by atoms with E-state index in [1.54, 1.807) is 0 Å². The summed E-state index contributed by atoms with van der Waals surface area (Å²) < 4.78 is 4.59. The highest BCUT2D eigenvalue weighted by molar-refractivity contribution is 5.74. The molecule has 98 valence electrons. The fourth-order valence-corrected chi connectivity index (χ4v) is 2.81. The summed E-state index contributed by atoms with van der Waals surface area (Å²) >= 11 is 0. The van der Waals surface area contributed by atoms with E-state index in [1.165, 1.54) is 12.7 Å². The molecule has 0 aromatic heterocycles. The van der Waals surface area contributed by atoms with E-state index in [1.807, 2.05) is 6.07 Å². The molecule has 1 N–H and O–H groups in total. The Bertz CT molecular complexity index is 380. The lowest BCUT2D eigenvalue weighted by molar-refractivity contribution is -0.154. The smallest absolute Gasteiger partial charge is 0.334 e. The fraction of sp³-hybridized carbons (Fsp3) is 0.533. The molecular weight excluding hydrogens is 228 g/mol. The number of carbonyl (C=O) groups is 1.